The Morgan fingerprint density at radius 3 is 3.05 bits per heavy atom. The lowest BCUT2D eigenvalue weighted by Gasteiger charge is -2.19. The van der Waals surface area contributed by atoms with E-state index >= 15 is 0 Å². The van der Waals surface area contributed by atoms with Crippen molar-refractivity contribution in [1.82, 2.24) is 19.9 Å². The SMILES string of the molecule is CCN1C(=O)CS[C@H]1c1cn(Cc2ccccc2C#N)nn1. The van der Waals surface area contributed by atoms with Crippen LogP contribution in [0.3, 0.4) is 0 Å². The number of amides is 1. The first kappa shape index (κ1) is 14.6. The topological polar surface area (TPSA) is 74.8 Å². The number of carbonyl (C=O) groups excluding carboxylic acids is 1. The van der Waals surface area contributed by atoms with E-state index in [1.165, 1.54) is 0 Å². The van der Waals surface area contributed by atoms with Crippen molar-refractivity contribution >= 4 is 17.7 Å². The van der Waals surface area contributed by atoms with Crippen LogP contribution in [-0.4, -0.2) is 38.1 Å². The molecule has 1 saturated heterocycles. The summed E-state index contributed by atoms with van der Waals surface area (Å²) in [7, 11) is 0. The molecule has 0 bridgehead atoms. The summed E-state index contributed by atoms with van der Waals surface area (Å²) >= 11 is 1.57. The van der Waals surface area contributed by atoms with Crippen molar-refractivity contribution in [3.8, 4) is 6.07 Å². The third-order valence-electron chi connectivity index (χ3n) is 3.59. The number of carbonyl (C=O) groups is 1. The number of nitriles is 1. The van der Waals surface area contributed by atoms with E-state index in [1.807, 2.05) is 36.2 Å². The van der Waals surface area contributed by atoms with Crippen LogP contribution in [0.4, 0.5) is 0 Å². The molecular formula is C15H15N5OS. The summed E-state index contributed by atoms with van der Waals surface area (Å²) in [6, 6.07) is 9.62. The smallest absolute Gasteiger partial charge is 0.233 e. The predicted molar refractivity (Wildman–Crippen MR) is 82.9 cm³/mol. The fourth-order valence-corrected chi connectivity index (χ4v) is 3.68. The summed E-state index contributed by atoms with van der Waals surface area (Å²) < 4.78 is 1.71. The number of hydrogen-bond donors (Lipinski definition) is 0. The molecule has 6 nitrogen and oxygen atoms in total. The maximum atomic E-state index is 11.8. The molecule has 0 saturated carbocycles. The Morgan fingerprint density at radius 1 is 1.45 bits per heavy atom. The fraction of sp³-hybridized carbons (Fsp3) is 0.333. The van der Waals surface area contributed by atoms with Crippen LogP contribution < -0.4 is 0 Å². The second-order valence-corrected chi connectivity index (χ2v) is 6.02. The summed E-state index contributed by atoms with van der Waals surface area (Å²) in [4.78, 5) is 13.6. The molecule has 3 rings (SSSR count). The molecule has 2 aromatic rings. The van der Waals surface area contributed by atoms with Crippen LogP contribution >= 0.6 is 11.8 Å². The van der Waals surface area contributed by atoms with Crippen LogP contribution in [0.5, 0.6) is 0 Å². The summed E-state index contributed by atoms with van der Waals surface area (Å²) in [6.07, 6.45) is 1.85. The van der Waals surface area contributed by atoms with Crippen molar-refractivity contribution in [3.05, 3.63) is 47.3 Å². The maximum Gasteiger partial charge on any atom is 0.233 e. The van der Waals surface area contributed by atoms with Crippen LogP contribution in [0.2, 0.25) is 0 Å². The van der Waals surface area contributed by atoms with E-state index in [1.54, 1.807) is 22.5 Å². The van der Waals surface area contributed by atoms with E-state index in [9.17, 15) is 4.79 Å². The third kappa shape index (κ3) is 2.70. The summed E-state index contributed by atoms with van der Waals surface area (Å²) in [6.45, 7) is 3.12. The molecule has 0 unspecified atom stereocenters. The Labute approximate surface area is 132 Å². The molecule has 1 atom stereocenters. The lowest BCUT2D eigenvalue weighted by Crippen LogP contribution is -2.27. The summed E-state index contributed by atoms with van der Waals surface area (Å²) in [5.74, 6) is 0.629. The van der Waals surface area contributed by atoms with E-state index in [-0.39, 0.29) is 11.3 Å². The van der Waals surface area contributed by atoms with Gasteiger partial charge in [-0.25, -0.2) is 4.68 Å². The molecule has 1 aliphatic heterocycles. The van der Waals surface area contributed by atoms with Crippen molar-refractivity contribution in [2.45, 2.75) is 18.8 Å². The van der Waals surface area contributed by atoms with Gasteiger partial charge in [0.2, 0.25) is 5.91 Å². The third-order valence-corrected chi connectivity index (χ3v) is 4.81. The van der Waals surface area contributed by atoms with Gasteiger partial charge in [0.1, 0.15) is 11.1 Å². The summed E-state index contributed by atoms with van der Waals surface area (Å²) in [5, 5.41) is 17.4. The second kappa shape index (κ2) is 6.20. The van der Waals surface area contributed by atoms with Crippen molar-refractivity contribution in [3.63, 3.8) is 0 Å². The van der Waals surface area contributed by atoms with Crippen molar-refractivity contribution < 1.29 is 4.79 Å². The van der Waals surface area contributed by atoms with E-state index in [4.69, 9.17) is 5.26 Å². The zero-order valence-electron chi connectivity index (χ0n) is 12.1. The van der Waals surface area contributed by atoms with Crippen molar-refractivity contribution in [1.29, 1.82) is 5.26 Å². The van der Waals surface area contributed by atoms with Crippen LogP contribution in [-0.2, 0) is 11.3 Å². The highest BCUT2D eigenvalue weighted by atomic mass is 32.2. The molecule has 7 heteroatoms. The number of aromatic nitrogens is 3. The standard InChI is InChI=1S/C15H15N5OS/c1-2-20-14(21)10-22-15(20)13-9-19(18-17-13)8-12-6-4-3-5-11(12)7-16/h3-6,9,15H,2,8,10H2,1H3/t15-/m0/s1. The minimum absolute atomic E-state index is 0.0579. The molecule has 1 aromatic heterocycles. The first-order valence-electron chi connectivity index (χ1n) is 7.02. The lowest BCUT2D eigenvalue weighted by molar-refractivity contribution is -0.127. The molecular weight excluding hydrogens is 298 g/mol. The molecule has 1 amide bonds. The Bertz CT molecular complexity index is 736. The van der Waals surface area contributed by atoms with Crippen molar-refractivity contribution in [2.75, 3.05) is 12.3 Å². The first-order chi connectivity index (χ1) is 10.7. The Balaban J connectivity index is 1.80. The number of rotatable bonds is 4. The van der Waals surface area contributed by atoms with Gasteiger partial charge in [-0.05, 0) is 18.6 Å². The normalized spacial score (nSPS) is 17.7. The number of thioether (sulfide) groups is 1. The number of hydrogen-bond acceptors (Lipinski definition) is 5. The molecule has 0 N–H and O–H groups in total. The molecule has 0 aliphatic carbocycles. The molecule has 22 heavy (non-hydrogen) atoms. The Morgan fingerprint density at radius 2 is 2.27 bits per heavy atom. The van der Waals surface area contributed by atoms with Gasteiger partial charge in [-0.1, -0.05) is 23.4 Å². The Kier molecular flexibility index (Phi) is 4.11. The van der Waals surface area contributed by atoms with Gasteiger partial charge >= 0.3 is 0 Å². The van der Waals surface area contributed by atoms with Crippen LogP contribution in [0.1, 0.15) is 29.1 Å². The zero-order valence-corrected chi connectivity index (χ0v) is 13.0. The quantitative estimate of drug-likeness (QED) is 0.860. The monoisotopic (exact) mass is 313 g/mol. The molecule has 112 valence electrons. The van der Waals surface area contributed by atoms with Gasteiger partial charge in [-0.3, -0.25) is 4.79 Å². The van der Waals surface area contributed by atoms with E-state index in [0.717, 1.165) is 11.3 Å². The Hall–Kier alpha value is -2.33. The molecule has 0 spiro atoms. The summed E-state index contributed by atoms with van der Waals surface area (Å²) in [5.41, 5.74) is 2.33. The molecule has 2 heterocycles. The van der Waals surface area contributed by atoms with Gasteiger partial charge in [0, 0.05) is 6.54 Å². The fourth-order valence-electron chi connectivity index (χ4n) is 2.49. The minimum Gasteiger partial charge on any atom is -0.324 e. The van der Waals surface area contributed by atoms with Crippen LogP contribution in [0, 0.1) is 11.3 Å². The van der Waals surface area contributed by atoms with Gasteiger partial charge in [-0.2, -0.15) is 5.26 Å². The number of benzene rings is 1. The molecule has 1 aliphatic rings. The second-order valence-electron chi connectivity index (χ2n) is 4.95. The largest absolute Gasteiger partial charge is 0.324 e. The molecule has 0 radical (unpaired) electrons. The average molecular weight is 313 g/mol. The van der Waals surface area contributed by atoms with Gasteiger partial charge in [0.15, 0.2) is 0 Å². The highest BCUT2D eigenvalue weighted by molar-refractivity contribution is 8.00. The van der Waals surface area contributed by atoms with Crippen LogP contribution in [0.25, 0.3) is 0 Å². The average Bonchev–Trinajstić information content (AvgIpc) is 3.14. The van der Waals surface area contributed by atoms with Crippen molar-refractivity contribution in [2.24, 2.45) is 0 Å². The van der Waals surface area contributed by atoms with Crippen LogP contribution in [0.15, 0.2) is 30.5 Å². The van der Waals surface area contributed by atoms with Gasteiger partial charge < -0.3 is 4.90 Å². The van der Waals surface area contributed by atoms with Gasteiger partial charge in [0.05, 0.1) is 30.1 Å². The maximum absolute atomic E-state index is 11.8. The molecule has 1 fully saturated rings. The van der Waals surface area contributed by atoms with E-state index in [0.29, 0.717) is 24.4 Å². The van der Waals surface area contributed by atoms with Gasteiger partial charge in [-0.15, -0.1) is 16.9 Å². The predicted octanol–water partition coefficient (Wildman–Crippen LogP) is 1.79. The lowest BCUT2D eigenvalue weighted by atomic mass is 10.1. The first-order valence-corrected chi connectivity index (χ1v) is 8.07. The number of nitrogens with zero attached hydrogens (tertiary/aromatic N) is 5. The zero-order chi connectivity index (χ0) is 15.5. The van der Waals surface area contributed by atoms with E-state index < -0.39 is 0 Å². The van der Waals surface area contributed by atoms with Gasteiger partial charge in [0.25, 0.3) is 0 Å². The molecule has 1 aromatic carbocycles. The highest BCUT2D eigenvalue weighted by Crippen LogP contribution is 2.37. The minimum atomic E-state index is -0.0579. The van der Waals surface area contributed by atoms with E-state index in [2.05, 4.69) is 16.4 Å². The highest BCUT2D eigenvalue weighted by Gasteiger charge is 2.33.